The van der Waals surface area contributed by atoms with E-state index in [1.54, 1.807) is 40.9 Å². The summed E-state index contributed by atoms with van der Waals surface area (Å²) in [6.45, 7) is 1.52. The van der Waals surface area contributed by atoms with Gasteiger partial charge in [-0.15, -0.1) is 0 Å². The fourth-order valence-electron chi connectivity index (χ4n) is 2.89. The van der Waals surface area contributed by atoms with Crippen LogP contribution in [0.1, 0.15) is 17.3 Å². The molecule has 0 fully saturated rings. The van der Waals surface area contributed by atoms with E-state index in [0.29, 0.717) is 11.3 Å². The van der Waals surface area contributed by atoms with Crippen molar-refractivity contribution < 1.29 is 9.59 Å². The van der Waals surface area contributed by atoms with E-state index in [-0.39, 0.29) is 11.8 Å². The summed E-state index contributed by atoms with van der Waals surface area (Å²) in [6.07, 6.45) is 0. The van der Waals surface area contributed by atoms with Gasteiger partial charge in [0.25, 0.3) is 0 Å². The summed E-state index contributed by atoms with van der Waals surface area (Å²) in [5, 5.41) is 2.93. The molecule has 1 N–H and O–H groups in total. The van der Waals surface area contributed by atoms with Crippen molar-refractivity contribution in [3.8, 4) is 0 Å². The summed E-state index contributed by atoms with van der Waals surface area (Å²) in [7, 11) is 0. The molecule has 128 valence electrons. The predicted octanol–water partition coefficient (Wildman–Crippen LogP) is 5.72. The number of Topliss-reactive ketones (excluding diaryl/α,β-unsaturated/α-hetero) is 1. The van der Waals surface area contributed by atoms with E-state index in [4.69, 9.17) is 0 Å². The SMILES string of the molecule is CC(=O)c1ccc(NC(=O)N2c3ccccc3Sc3ccccc32)cc1. The highest BCUT2D eigenvalue weighted by molar-refractivity contribution is 7.99. The molecule has 1 aliphatic rings. The molecule has 0 unspecified atom stereocenters. The monoisotopic (exact) mass is 360 g/mol. The number of para-hydroxylation sites is 2. The summed E-state index contributed by atoms with van der Waals surface area (Å²) in [5.41, 5.74) is 2.98. The number of nitrogens with zero attached hydrogens (tertiary/aromatic N) is 1. The molecule has 0 aromatic heterocycles. The number of hydrogen-bond donors (Lipinski definition) is 1. The van der Waals surface area contributed by atoms with Crippen molar-refractivity contribution in [2.75, 3.05) is 10.2 Å². The Hall–Kier alpha value is -3.05. The standard InChI is InChI=1S/C21H16N2O2S/c1-14(24)15-10-12-16(13-11-15)22-21(25)23-17-6-2-4-8-19(17)26-20-9-5-3-7-18(20)23/h2-13H,1H3,(H,22,25). The average molecular weight is 360 g/mol. The number of hydrogen-bond acceptors (Lipinski definition) is 3. The normalized spacial score (nSPS) is 12.1. The van der Waals surface area contributed by atoms with Crippen LogP contribution in [-0.2, 0) is 0 Å². The van der Waals surface area contributed by atoms with E-state index in [9.17, 15) is 9.59 Å². The van der Waals surface area contributed by atoms with Crippen LogP contribution in [-0.4, -0.2) is 11.8 Å². The lowest BCUT2D eigenvalue weighted by atomic mass is 10.1. The molecule has 4 rings (SSSR count). The van der Waals surface area contributed by atoms with E-state index >= 15 is 0 Å². The van der Waals surface area contributed by atoms with Crippen LogP contribution in [0.25, 0.3) is 0 Å². The van der Waals surface area contributed by atoms with Gasteiger partial charge in [-0.2, -0.15) is 0 Å². The number of carbonyl (C=O) groups excluding carboxylic acids is 2. The Morgan fingerprint density at radius 3 is 1.88 bits per heavy atom. The molecule has 2 amide bonds. The maximum atomic E-state index is 13.1. The van der Waals surface area contributed by atoms with Gasteiger partial charge in [-0.25, -0.2) is 4.79 Å². The van der Waals surface area contributed by atoms with Crippen LogP contribution in [0.3, 0.4) is 0 Å². The quantitative estimate of drug-likeness (QED) is 0.594. The number of rotatable bonds is 2. The van der Waals surface area contributed by atoms with Crippen LogP contribution in [0, 0.1) is 0 Å². The number of amides is 2. The third-order valence-electron chi connectivity index (χ3n) is 4.18. The number of anilines is 3. The Morgan fingerprint density at radius 1 is 0.808 bits per heavy atom. The second kappa shape index (κ2) is 6.69. The fraction of sp³-hybridized carbons (Fsp3) is 0.0476. The first-order valence-electron chi connectivity index (χ1n) is 8.21. The van der Waals surface area contributed by atoms with E-state index < -0.39 is 0 Å². The molecule has 3 aromatic rings. The van der Waals surface area contributed by atoms with Crippen LogP contribution < -0.4 is 10.2 Å². The summed E-state index contributed by atoms with van der Waals surface area (Å²) >= 11 is 1.66. The highest BCUT2D eigenvalue weighted by Gasteiger charge is 2.27. The summed E-state index contributed by atoms with van der Waals surface area (Å²) in [5.74, 6) is -0.00112. The maximum Gasteiger partial charge on any atom is 0.331 e. The van der Waals surface area contributed by atoms with Crippen LogP contribution >= 0.6 is 11.8 Å². The summed E-state index contributed by atoms with van der Waals surface area (Å²) in [6, 6.07) is 22.4. The second-order valence-corrected chi connectivity index (χ2v) is 7.02. The zero-order valence-electron chi connectivity index (χ0n) is 14.1. The van der Waals surface area contributed by atoms with Crippen LogP contribution in [0.5, 0.6) is 0 Å². The molecule has 1 heterocycles. The molecule has 0 saturated heterocycles. The van der Waals surface area contributed by atoms with Crippen molar-refractivity contribution in [1.82, 2.24) is 0 Å². The minimum atomic E-state index is -0.235. The lowest BCUT2D eigenvalue weighted by Gasteiger charge is -2.31. The molecule has 3 aromatic carbocycles. The molecule has 0 radical (unpaired) electrons. The van der Waals surface area contributed by atoms with E-state index in [2.05, 4.69) is 5.32 Å². The minimum Gasteiger partial charge on any atom is -0.307 e. The van der Waals surface area contributed by atoms with Gasteiger partial charge in [-0.3, -0.25) is 9.69 Å². The van der Waals surface area contributed by atoms with Gasteiger partial charge in [0, 0.05) is 21.0 Å². The molecular weight excluding hydrogens is 344 g/mol. The first-order chi connectivity index (χ1) is 12.6. The molecule has 26 heavy (non-hydrogen) atoms. The number of benzene rings is 3. The molecular formula is C21H16N2O2S. The number of nitrogens with one attached hydrogen (secondary N) is 1. The third-order valence-corrected chi connectivity index (χ3v) is 5.31. The third kappa shape index (κ3) is 2.97. The summed E-state index contributed by atoms with van der Waals surface area (Å²) < 4.78 is 0. The highest BCUT2D eigenvalue weighted by atomic mass is 32.2. The topological polar surface area (TPSA) is 49.4 Å². The van der Waals surface area contributed by atoms with Gasteiger partial charge >= 0.3 is 6.03 Å². The number of fused-ring (bicyclic) bond motifs is 2. The first kappa shape index (κ1) is 16.4. The molecule has 1 aliphatic heterocycles. The molecule has 5 heteroatoms. The fourth-order valence-corrected chi connectivity index (χ4v) is 3.95. The Balaban J connectivity index is 1.68. The average Bonchev–Trinajstić information content (AvgIpc) is 2.66. The number of ketones is 1. The number of carbonyl (C=O) groups is 2. The zero-order chi connectivity index (χ0) is 18.1. The lowest BCUT2D eigenvalue weighted by Crippen LogP contribution is -2.32. The van der Waals surface area contributed by atoms with Gasteiger partial charge in [0.15, 0.2) is 5.78 Å². The van der Waals surface area contributed by atoms with Crippen molar-refractivity contribution in [2.45, 2.75) is 16.7 Å². The highest BCUT2D eigenvalue weighted by Crippen LogP contribution is 2.47. The van der Waals surface area contributed by atoms with Crippen LogP contribution in [0.2, 0.25) is 0 Å². The van der Waals surface area contributed by atoms with Crippen molar-refractivity contribution >= 4 is 40.6 Å². The zero-order valence-corrected chi connectivity index (χ0v) is 14.9. The smallest absolute Gasteiger partial charge is 0.307 e. The van der Waals surface area contributed by atoms with Gasteiger partial charge in [-0.05, 0) is 55.5 Å². The van der Waals surface area contributed by atoms with E-state index in [1.165, 1.54) is 6.92 Å². The van der Waals surface area contributed by atoms with Crippen molar-refractivity contribution in [2.24, 2.45) is 0 Å². The Labute approximate surface area is 155 Å². The predicted molar refractivity (Wildman–Crippen MR) is 105 cm³/mol. The Morgan fingerprint density at radius 2 is 1.35 bits per heavy atom. The minimum absolute atomic E-state index is 0.00112. The molecule has 4 nitrogen and oxygen atoms in total. The molecule has 0 bridgehead atoms. The van der Waals surface area contributed by atoms with Gasteiger partial charge in [0.1, 0.15) is 0 Å². The van der Waals surface area contributed by atoms with Crippen molar-refractivity contribution in [1.29, 1.82) is 0 Å². The molecule has 0 atom stereocenters. The largest absolute Gasteiger partial charge is 0.331 e. The molecule has 0 spiro atoms. The molecule has 0 saturated carbocycles. The van der Waals surface area contributed by atoms with Gasteiger partial charge in [0.2, 0.25) is 0 Å². The van der Waals surface area contributed by atoms with Crippen LogP contribution in [0.15, 0.2) is 82.6 Å². The van der Waals surface area contributed by atoms with E-state index in [1.807, 2.05) is 48.5 Å². The Kier molecular flexibility index (Phi) is 4.22. The molecule has 0 aliphatic carbocycles. The van der Waals surface area contributed by atoms with Gasteiger partial charge in [-0.1, -0.05) is 36.0 Å². The van der Waals surface area contributed by atoms with Crippen LogP contribution in [0.4, 0.5) is 21.9 Å². The summed E-state index contributed by atoms with van der Waals surface area (Å²) in [4.78, 5) is 28.2. The Bertz CT molecular complexity index is 953. The van der Waals surface area contributed by atoms with Crippen molar-refractivity contribution in [3.05, 3.63) is 78.4 Å². The maximum absolute atomic E-state index is 13.1. The van der Waals surface area contributed by atoms with E-state index in [0.717, 1.165) is 21.2 Å². The second-order valence-electron chi connectivity index (χ2n) is 5.94. The lowest BCUT2D eigenvalue weighted by molar-refractivity contribution is 0.101. The number of urea groups is 1. The first-order valence-corrected chi connectivity index (χ1v) is 9.03. The van der Waals surface area contributed by atoms with Gasteiger partial charge < -0.3 is 5.32 Å². The van der Waals surface area contributed by atoms with Gasteiger partial charge in [0.05, 0.1) is 11.4 Å². The van der Waals surface area contributed by atoms with Crippen molar-refractivity contribution in [3.63, 3.8) is 0 Å².